The molecule has 2 aromatic rings. The van der Waals surface area contributed by atoms with Crippen molar-refractivity contribution in [2.24, 2.45) is 5.73 Å². The van der Waals surface area contributed by atoms with Gasteiger partial charge in [-0.3, -0.25) is 4.79 Å². The molecule has 0 aromatic heterocycles. The van der Waals surface area contributed by atoms with Gasteiger partial charge < -0.3 is 11.1 Å². The molecule has 0 saturated heterocycles. The van der Waals surface area contributed by atoms with E-state index in [2.05, 4.69) is 5.32 Å². The average Bonchev–Trinajstić information content (AvgIpc) is 2.42. The summed E-state index contributed by atoms with van der Waals surface area (Å²) in [6.45, 7) is 1.72. The Hall–Kier alpha value is -2.43. The number of nitrogens with two attached hydrogens (primary N) is 1. The van der Waals surface area contributed by atoms with Crippen molar-refractivity contribution in [2.75, 3.05) is 5.32 Å². The van der Waals surface area contributed by atoms with Crippen LogP contribution in [0.5, 0.6) is 0 Å². The second-order valence-electron chi connectivity index (χ2n) is 4.45. The lowest BCUT2D eigenvalue weighted by Gasteiger charge is -2.16. The van der Waals surface area contributed by atoms with Crippen molar-refractivity contribution in [1.82, 2.24) is 0 Å². The van der Waals surface area contributed by atoms with Crippen molar-refractivity contribution in [3.63, 3.8) is 0 Å². The van der Waals surface area contributed by atoms with Crippen LogP contribution in [0.3, 0.4) is 0 Å². The van der Waals surface area contributed by atoms with E-state index >= 15 is 0 Å². The number of nitrogens with one attached hydrogen (secondary N) is 1. The molecule has 0 heterocycles. The fourth-order valence-corrected chi connectivity index (χ4v) is 1.91. The maximum absolute atomic E-state index is 13.6. The number of hydrogen-bond donors (Lipinski definition) is 2. The minimum atomic E-state index is -0.875. The van der Waals surface area contributed by atoms with Gasteiger partial charge in [0.15, 0.2) is 11.6 Å². The van der Waals surface area contributed by atoms with Crippen LogP contribution in [0.1, 0.15) is 28.9 Å². The molecule has 0 aliphatic heterocycles. The van der Waals surface area contributed by atoms with Gasteiger partial charge in [-0.2, -0.15) is 0 Å². The van der Waals surface area contributed by atoms with Crippen molar-refractivity contribution in [3.8, 4) is 0 Å². The molecular formula is C15H14F2N2O. The molecule has 0 aliphatic carbocycles. The molecule has 0 fully saturated rings. The SMILES string of the molecule is CC(Nc1ccc(C(N)=O)cc1)c1cccc(F)c1F. The van der Waals surface area contributed by atoms with Crippen LogP contribution < -0.4 is 11.1 Å². The summed E-state index contributed by atoms with van der Waals surface area (Å²) in [5.41, 5.74) is 6.46. The highest BCUT2D eigenvalue weighted by Crippen LogP contribution is 2.23. The van der Waals surface area contributed by atoms with E-state index in [1.807, 2.05) is 0 Å². The Morgan fingerprint density at radius 1 is 1.15 bits per heavy atom. The van der Waals surface area contributed by atoms with Crippen LogP contribution in [0.2, 0.25) is 0 Å². The first-order valence-corrected chi connectivity index (χ1v) is 6.09. The van der Waals surface area contributed by atoms with Crippen molar-refractivity contribution < 1.29 is 13.6 Å². The Morgan fingerprint density at radius 2 is 1.80 bits per heavy atom. The molecule has 0 radical (unpaired) electrons. The van der Waals surface area contributed by atoms with Crippen LogP contribution in [0.15, 0.2) is 42.5 Å². The Balaban J connectivity index is 2.17. The Kier molecular flexibility index (Phi) is 3.98. The van der Waals surface area contributed by atoms with Crippen LogP contribution in [0, 0.1) is 11.6 Å². The number of anilines is 1. The lowest BCUT2D eigenvalue weighted by Crippen LogP contribution is -2.12. The van der Waals surface area contributed by atoms with Gasteiger partial charge in [-0.05, 0) is 37.3 Å². The van der Waals surface area contributed by atoms with E-state index in [9.17, 15) is 13.6 Å². The predicted molar refractivity (Wildman–Crippen MR) is 73.4 cm³/mol. The molecule has 5 heteroatoms. The monoisotopic (exact) mass is 276 g/mol. The molecule has 2 aromatic carbocycles. The standard InChI is InChI=1S/C15H14F2N2O/c1-9(12-3-2-4-13(16)14(12)17)19-11-7-5-10(6-8-11)15(18)20/h2-9,19H,1H3,(H2,18,20). The highest BCUT2D eigenvalue weighted by molar-refractivity contribution is 5.93. The van der Waals surface area contributed by atoms with Gasteiger partial charge in [0, 0.05) is 16.8 Å². The van der Waals surface area contributed by atoms with Crippen molar-refractivity contribution in [3.05, 3.63) is 65.2 Å². The average molecular weight is 276 g/mol. The number of carbonyl (C=O) groups is 1. The highest BCUT2D eigenvalue weighted by atomic mass is 19.2. The molecular weight excluding hydrogens is 262 g/mol. The maximum atomic E-state index is 13.6. The topological polar surface area (TPSA) is 55.1 Å². The largest absolute Gasteiger partial charge is 0.378 e. The van der Waals surface area contributed by atoms with Crippen LogP contribution in [-0.2, 0) is 0 Å². The third kappa shape index (κ3) is 2.93. The molecule has 0 saturated carbocycles. The minimum absolute atomic E-state index is 0.240. The zero-order valence-corrected chi connectivity index (χ0v) is 10.9. The van der Waals surface area contributed by atoms with E-state index in [1.165, 1.54) is 12.1 Å². The van der Waals surface area contributed by atoms with E-state index in [-0.39, 0.29) is 5.56 Å². The van der Waals surface area contributed by atoms with Gasteiger partial charge in [0.25, 0.3) is 0 Å². The number of rotatable bonds is 4. The van der Waals surface area contributed by atoms with Crippen molar-refractivity contribution in [1.29, 1.82) is 0 Å². The van der Waals surface area contributed by atoms with Gasteiger partial charge in [-0.1, -0.05) is 12.1 Å². The van der Waals surface area contributed by atoms with E-state index in [0.717, 1.165) is 6.07 Å². The second-order valence-corrected chi connectivity index (χ2v) is 4.45. The molecule has 1 atom stereocenters. The third-order valence-electron chi connectivity index (χ3n) is 3.00. The van der Waals surface area contributed by atoms with Crippen molar-refractivity contribution in [2.45, 2.75) is 13.0 Å². The fourth-order valence-electron chi connectivity index (χ4n) is 1.91. The highest BCUT2D eigenvalue weighted by Gasteiger charge is 2.14. The van der Waals surface area contributed by atoms with Crippen LogP contribution >= 0.6 is 0 Å². The first kappa shape index (κ1) is 14.0. The Morgan fingerprint density at radius 3 is 2.40 bits per heavy atom. The van der Waals surface area contributed by atoms with Gasteiger partial charge >= 0.3 is 0 Å². The summed E-state index contributed by atoms with van der Waals surface area (Å²) in [4.78, 5) is 10.9. The molecule has 0 aliphatic rings. The Labute approximate surface area is 115 Å². The van der Waals surface area contributed by atoms with Gasteiger partial charge in [0.2, 0.25) is 5.91 Å². The lowest BCUT2D eigenvalue weighted by molar-refractivity contribution is 0.100. The first-order chi connectivity index (χ1) is 9.49. The van der Waals surface area contributed by atoms with Crippen LogP contribution in [0.25, 0.3) is 0 Å². The zero-order valence-electron chi connectivity index (χ0n) is 10.9. The molecule has 2 rings (SSSR count). The number of carbonyl (C=O) groups excluding carboxylic acids is 1. The van der Waals surface area contributed by atoms with E-state index < -0.39 is 23.6 Å². The zero-order chi connectivity index (χ0) is 14.7. The quantitative estimate of drug-likeness (QED) is 0.900. The van der Waals surface area contributed by atoms with Gasteiger partial charge in [-0.25, -0.2) is 8.78 Å². The number of benzene rings is 2. The molecule has 104 valence electrons. The summed E-state index contributed by atoms with van der Waals surface area (Å²) in [7, 11) is 0. The van der Waals surface area contributed by atoms with Gasteiger partial charge in [0.05, 0.1) is 6.04 Å². The number of hydrogen-bond acceptors (Lipinski definition) is 2. The van der Waals surface area contributed by atoms with Crippen LogP contribution in [-0.4, -0.2) is 5.91 Å². The molecule has 3 N–H and O–H groups in total. The summed E-state index contributed by atoms with van der Waals surface area (Å²) in [6.07, 6.45) is 0. The molecule has 0 spiro atoms. The molecule has 1 unspecified atom stereocenters. The second kappa shape index (κ2) is 5.69. The molecule has 20 heavy (non-hydrogen) atoms. The number of halogens is 2. The number of amides is 1. The van der Waals surface area contributed by atoms with Crippen LogP contribution in [0.4, 0.5) is 14.5 Å². The van der Waals surface area contributed by atoms with E-state index in [4.69, 9.17) is 5.73 Å². The van der Waals surface area contributed by atoms with E-state index in [0.29, 0.717) is 11.3 Å². The fraction of sp³-hybridized carbons (Fsp3) is 0.133. The van der Waals surface area contributed by atoms with E-state index in [1.54, 1.807) is 31.2 Å². The normalized spacial score (nSPS) is 11.9. The van der Waals surface area contributed by atoms with Gasteiger partial charge in [-0.15, -0.1) is 0 Å². The molecule has 3 nitrogen and oxygen atoms in total. The Bertz CT molecular complexity index is 626. The summed E-state index contributed by atoms with van der Waals surface area (Å²) < 4.78 is 26.8. The summed E-state index contributed by atoms with van der Waals surface area (Å²) in [5, 5.41) is 3.03. The summed E-state index contributed by atoms with van der Waals surface area (Å²) >= 11 is 0. The van der Waals surface area contributed by atoms with Crippen molar-refractivity contribution >= 4 is 11.6 Å². The molecule has 0 bridgehead atoms. The lowest BCUT2D eigenvalue weighted by atomic mass is 10.1. The smallest absolute Gasteiger partial charge is 0.248 e. The maximum Gasteiger partial charge on any atom is 0.248 e. The summed E-state index contributed by atoms with van der Waals surface area (Å²) in [6, 6.07) is 10.1. The number of primary amides is 1. The predicted octanol–water partition coefficient (Wildman–Crippen LogP) is 3.24. The molecule has 1 amide bonds. The minimum Gasteiger partial charge on any atom is -0.378 e. The first-order valence-electron chi connectivity index (χ1n) is 6.09. The van der Waals surface area contributed by atoms with Gasteiger partial charge in [0.1, 0.15) is 0 Å². The third-order valence-corrected chi connectivity index (χ3v) is 3.00. The summed E-state index contributed by atoms with van der Waals surface area (Å²) in [5.74, 6) is -2.25.